The van der Waals surface area contributed by atoms with Crippen LogP contribution in [0.25, 0.3) is 17.7 Å². The van der Waals surface area contributed by atoms with E-state index >= 15 is 0 Å². The molecule has 2 aromatic rings. The lowest BCUT2D eigenvalue weighted by atomic mass is 9.93. The van der Waals surface area contributed by atoms with Crippen LogP contribution in [0.15, 0.2) is 42.5 Å². The Morgan fingerprint density at radius 2 is 1.81 bits per heavy atom. The summed E-state index contributed by atoms with van der Waals surface area (Å²) in [5.41, 5.74) is 5.19. The number of benzene rings is 1. The van der Waals surface area contributed by atoms with Crippen LogP contribution in [0.1, 0.15) is 56.4 Å². The van der Waals surface area contributed by atoms with Crippen molar-refractivity contribution < 1.29 is 4.39 Å². The summed E-state index contributed by atoms with van der Waals surface area (Å²) in [5.74, 6) is 0.593. The number of allylic oxidation sites excluding steroid dienone is 1. The second-order valence-corrected chi connectivity index (χ2v) is 5.82. The van der Waals surface area contributed by atoms with Crippen LogP contribution in [0.5, 0.6) is 0 Å². The monoisotopic (exact) mass is 353 g/mol. The number of piperidine rings is 1. The summed E-state index contributed by atoms with van der Waals surface area (Å²) in [6.45, 7) is 11.7. The first-order valence-corrected chi connectivity index (χ1v) is 9.27. The fourth-order valence-electron chi connectivity index (χ4n) is 3.07. The Kier molecular flexibility index (Phi) is 7.54. The molecule has 0 saturated carbocycles. The minimum absolute atomic E-state index is 0.228. The summed E-state index contributed by atoms with van der Waals surface area (Å²) in [6.07, 6.45) is 7.65. The third kappa shape index (κ3) is 4.58. The first kappa shape index (κ1) is 19.9. The van der Waals surface area contributed by atoms with E-state index in [1.807, 2.05) is 45.1 Å². The van der Waals surface area contributed by atoms with E-state index < -0.39 is 0 Å². The fourth-order valence-corrected chi connectivity index (χ4v) is 3.07. The van der Waals surface area contributed by atoms with Gasteiger partial charge in [-0.05, 0) is 62.7 Å². The van der Waals surface area contributed by atoms with Gasteiger partial charge in [0.15, 0.2) is 0 Å². The molecule has 0 atom stereocenters. The Morgan fingerprint density at radius 3 is 2.38 bits per heavy atom. The van der Waals surface area contributed by atoms with Crippen molar-refractivity contribution in [2.24, 2.45) is 0 Å². The van der Waals surface area contributed by atoms with E-state index in [9.17, 15) is 4.39 Å². The van der Waals surface area contributed by atoms with Gasteiger partial charge in [0.25, 0.3) is 0 Å². The van der Waals surface area contributed by atoms with Crippen LogP contribution >= 0.6 is 0 Å². The number of aromatic amines is 1. The Bertz CT molecular complexity index is 774. The Balaban J connectivity index is 0.00000117. The molecule has 3 rings (SSSR count). The van der Waals surface area contributed by atoms with Gasteiger partial charge in [-0.3, -0.25) is 0 Å². The SMILES string of the molecule is C=Cc1nc(C(=C2CCNCC2)c2ccc(F)cc2)[nH]c1/C=C\C.CC. The van der Waals surface area contributed by atoms with Gasteiger partial charge >= 0.3 is 0 Å². The van der Waals surface area contributed by atoms with Gasteiger partial charge in [-0.1, -0.05) is 44.2 Å². The van der Waals surface area contributed by atoms with Crippen molar-refractivity contribution in [3.05, 3.63) is 71.1 Å². The number of nitrogens with zero attached hydrogens (tertiary/aromatic N) is 1. The van der Waals surface area contributed by atoms with Gasteiger partial charge in [-0.15, -0.1) is 0 Å². The summed E-state index contributed by atoms with van der Waals surface area (Å²) in [4.78, 5) is 8.13. The molecule has 0 spiro atoms. The van der Waals surface area contributed by atoms with Gasteiger partial charge in [0, 0.05) is 5.57 Å². The molecule has 1 fully saturated rings. The highest BCUT2D eigenvalue weighted by Gasteiger charge is 2.18. The molecule has 1 aromatic heterocycles. The van der Waals surface area contributed by atoms with Crippen LogP contribution in [0.2, 0.25) is 0 Å². The summed E-state index contributed by atoms with van der Waals surface area (Å²) >= 11 is 0. The number of imidazole rings is 1. The van der Waals surface area contributed by atoms with Crippen LogP contribution in [0, 0.1) is 5.82 Å². The van der Waals surface area contributed by atoms with E-state index in [1.165, 1.54) is 17.7 Å². The Labute approximate surface area is 155 Å². The Morgan fingerprint density at radius 1 is 1.15 bits per heavy atom. The largest absolute Gasteiger partial charge is 0.338 e. The third-order valence-electron chi connectivity index (χ3n) is 4.22. The fraction of sp³-hybridized carbons (Fsp3) is 0.318. The second-order valence-electron chi connectivity index (χ2n) is 5.82. The molecule has 0 aliphatic carbocycles. The number of hydrogen-bond donors (Lipinski definition) is 2. The summed E-state index contributed by atoms with van der Waals surface area (Å²) in [5, 5.41) is 3.38. The number of nitrogens with one attached hydrogen (secondary N) is 2. The molecule has 2 heterocycles. The van der Waals surface area contributed by atoms with Crippen molar-refractivity contribution in [1.82, 2.24) is 15.3 Å². The lowest BCUT2D eigenvalue weighted by Crippen LogP contribution is -2.24. The van der Waals surface area contributed by atoms with Crippen molar-refractivity contribution in [3.8, 4) is 0 Å². The zero-order valence-electron chi connectivity index (χ0n) is 15.9. The van der Waals surface area contributed by atoms with Crippen LogP contribution in [0.4, 0.5) is 4.39 Å². The molecule has 1 aromatic carbocycles. The zero-order chi connectivity index (χ0) is 18.9. The van der Waals surface area contributed by atoms with Gasteiger partial charge in [-0.25, -0.2) is 9.37 Å². The van der Waals surface area contributed by atoms with E-state index in [0.717, 1.165) is 54.3 Å². The number of aromatic nitrogens is 2. The smallest absolute Gasteiger partial charge is 0.139 e. The third-order valence-corrected chi connectivity index (χ3v) is 4.22. The quantitative estimate of drug-likeness (QED) is 0.769. The van der Waals surface area contributed by atoms with E-state index in [4.69, 9.17) is 4.98 Å². The highest BCUT2D eigenvalue weighted by atomic mass is 19.1. The highest BCUT2D eigenvalue weighted by molar-refractivity contribution is 5.80. The van der Waals surface area contributed by atoms with Crippen LogP contribution in [-0.4, -0.2) is 23.1 Å². The summed E-state index contributed by atoms with van der Waals surface area (Å²) in [7, 11) is 0. The average molecular weight is 353 g/mol. The summed E-state index contributed by atoms with van der Waals surface area (Å²) < 4.78 is 13.3. The predicted molar refractivity (Wildman–Crippen MR) is 109 cm³/mol. The van der Waals surface area contributed by atoms with Gasteiger partial charge in [0.2, 0.25) is 0 Å². The molecular formula is C22H28FN3. The van der Waals surface area contributed by atoms with Crippen molar-refractivity contribution in [3.63, 3.8) is 0 Å². The van der Waals surface area contributed by atoms with Crippen LogP contribution in [0.3, 0.4) is 0 Å². The second kappa shape index (κ2) is 9.88. The van der Waals surface area contributed by atoms with Gasteiger partial charge < -0.3 is 10.3 Å². The first-order chi connectivity index (χ1) is 12.7. The molecule has 0 radical (unpaired) electrons. The minimum atomic E-state index is -0.228. The molecule has 3 nitrogen and oxygen atoms in total. The van der Waals surface area contributed by atoms with Gasteiger partial charge in [-0.2, -0.15) is 0 Å². The molecule has 26 heavy (non-hydrogen) atoms. The first-order valence-electron chi connectivity index (χ1n) is 9.27. The predicted octanol–water partition coefficient (Wildman–Crippen LogP) is 5.44. The molecule has 1 saturated heterocycles. The highest BCUT2D eigenvalue weighted by Crippen LogP contribution is 2.30. The molecule has 4 heteroatoms. The van der Waals surface area contributed by atoms with E-state index in [2.05, 4.69) is 16.9 Å². The molecule has 1 aliphatic rings. The molecule has 0 unspecified atom stereocenters. The normalized spacial score (nSPS) is 14.1. The van der Waals surface area contributed by atoms with Gasteiger partial charge in [0.1, 0.15) is 11.6 Å². The molecule has 138 valence electrons. The number of rotatable bonds is 4. The Hall–Kier alpha value is -2.46. The number of halogens is 1. The minimum Gasteiger partial charge on any atom is -0.338 e. The molecular weight excluding hydrogens is 325 g/mol. The van der Waals surface area contributed by atoms with E-state index in [0.29, 0.717) is 0 Å². The number of H-pyrrole nitrogens is 1. The maximum Gasteiger partial charge on any atom is 0.139 e. The van der Waals surface area contributed by atoms with E-state index in [1.54, 1.807) is 6.08 Å². The number of hydrogen-bond acceptors (Lipinski definition) is 2. The van der Waals surface area contributed by atoms with Crippen molar-refractivity contribution >= 4 is 17.7 Å². The molecule has 1 aliphatic heterocycles. The van der Waals surface area contributed by atoms with E-state index in [-0.39, 0.29) is 5.82 Å². The van der Waals surface area contributed by atoms with Crippen molar-refractivity contribution in [2.45, 2.75) is 33.6 Å². The molecule has 0 bridgehead atoms. The van der Waals surface area contributed by atoms with Crippen molar-refractivity contribution in [1.29, 1.82) is 0 Å². The van der Waals surface area contributed by atoms with Crippen LogP contribution < -0.4 is 5.32 Å². The summed E-state index contributed by atoms with van der Waals surface area (Å²) in [6, 6.07) is 6.65. The molecule has 0 amide bonds. The van der Waals surface area contributed by atoms with Crippen LogP contribution in [-0.2, 0) is 0 Å². The lowest BCUT2D eigenvalue weighted by Gasteiger charge is -2.19. The maximum atomic E-state index is 13.3. The maximum absolute atomic E-state index is 13.3. The van der Waals surface area contributed by atoms with Crippen molar-refractivity contribution in [2.75, 3.05) is 13.1 Å². The molecule has 2 N–H and O–H groups in total. The van der Waals surface area contributed by atoms with Gasteiger partial charge in [0.05, 0.1) is 11.4 Å². The standard InChI is InChI=1S/C20H22FN3.C2H6/c1-3-5-18-17(4-2)23-20(24-18)19(15-10-12-22-13-11-15)14-6-8-16(21)9-7-14;1-2/h3-9,22H,2,10-13H2,1H3,(H,23,24);1-2H3/b5-3-;. The topological polar surface area (TPSA) is 40.7 Å². The zero-order valence-corrected chi connectivity index (χ0v) is 15.9. The average Bonchev–Trinajstić information content (AvgIpc) is 3.09. The lowest BCUT2D eigenvalue weighted by molar-refractivity contribution is 0.611.